The van der Waals surface area contributed by atoms with Gasteiger partial charge in [-0.05, 0) is 44.0 Å². The van der Waals surface area contributed by atoms with Crippen molar-refractivity contribution in [2.24, 2.45) is 0 Å². The second-order valence-corrected chi connectivity index (χ2v) is 6.27. The maximum atomic E-state index is 12.3. The van der Waals surface area contributed by atoms with Crippen molar-refractivity contribution in [1.29, 1.82) is 0 Å². The van der Waals surface area contributed by atoms with Crippen LogP contribution in [0.3, 0.4) is 0 Å². The van der Waals surface area contributed by atoms with Crippen LogP contribution in [0.15, 0.2) is 4.90 Å². The van der Waals surface area contributed by atoms with Crippen molar-refractivity contribution in [1.82, 2.24) is 9.27 Å². The largest absolute Gasteiger partial charge is 0.382 e. The molecule has 5 nitrogen and oxygen atoms in total. The van der Waals surface area contributed by atoms with Crippen LogP contribution in [0.4, 0.5) is 10.8 Å². The summed E-state index contributed by atoms with van der Waals surface area (Å²) >= 11 is 2.87. The van der Waals surface area contributed by atoms with E-state index in [0.29, 0.717) is 5.82 Å². The summed E-state index contributed by atoms with van der Waals surface area (Å²) in [7, 11) is 0. The molecule has 0 radical (unpaired) electrons. The van der Waals surface area contributed by atoms with Crippen molar-refractivity contribution in [3.8, 4) is 0 Å². The molecular formula is C12H20N4OS2. The quantitative estimate of drug-likeness (QED) is 0.835. The predicted molar refractivity (Wildman–Crippen MR) is 81.8 cm³/mol. The van der Waals surface area contributed by atoms with E-state index in [-0.39, 0.29) is 11.9 Å². The van der Waals surface area contributed by atoms with Crippen LogP contribution in [0.25, 0.3) is 0 Å². The number of carbonyl (C=O) groups excluding carboxylic acids is 1. The van der Waals surface area contributed by atoms with Crippen molar-refractivity contribution in [2.75, 3.05) is 30.4 Å². The van der Waals surface area contributed by atoms with E-state index in [1.165, 1.54) is 18.0 Å². The molecule has 0 bridgehead atoms. The highest BCUT2D eigenvalue weighted by molar-refractivity contribution is 7.99. The number of amides is 1. The smallest absolute Gasteiger partial charge is 0.244 e. The minimum atomic E-state index is -0.233. The summed E-state index contributed by atoms with van der Waals surface area (Å²) in [4.78, 5) is 15.2. The molecule has 1 fully saturated rings. The van der Waals surface area contributed by atoms with Gasteiger partial charge in [-0.15, -0.1) is 11.8 Å². The Hall–Kier alpha value is -0.950. The van der Waals surface area contributed by atoms with Crippen LogP contribution in [0.5, 0.6) is 0 Å². The van der Waals surface area contributed by atoms with E-state index >= 15 is 0 Å². The number of rotatable bonds is 4. The molecular weight excluding hydrogens is 280 g/mol. The lowest BCUT2D eigenvalue weighted by Gasteiger charge is -2.29. The molecule has 0 spiro atoms. The highest BCUT2D eigenvalue weighted by atomic mass is 32.2. The highest BCUT2D eigenvalue weighted by Gasteiger charge is 2.23. The summed E-state index contributed by atoms with van der Waals surface area (Å²) in [5.41, 5.74) is 5.79. The van der Waals surface area contributed by atoms with Gasteiger partial charge in [-0.1, -0.05) is 0 Å². The van der Waals surface area contributed by atoms with Crippen molar-refractivity contribution >= 4 is 40.0 Å². The van der Waals surface area contributed by atoms with E-state index in [2.05, 4.69) is 9.69 Å². The molecule has 106 valence electrons. The number of aromatic nitrogens is 1. The molecule has 2 rings (SSSR count). The molecule has 1 saturated heterocycles. The minimum Gasteiger partial charge on any atom is -0.382 e. The normalized spacial score (nSPS) is 17.3. The van der Waals surface area contributed by atoms with Gasteiger partial charge in [0, 0.05) is 13.1 Å². The van der Waals surface area contributed by atoms with E-state index in [1.54, 1.807) is 11.8 Å². The van der Waals surface area contributed by atoms with Crippen molar-refractivity contribution in [3.63, 3.8) is 0 Å². The van der Waals surface area contributed by atoms with Gasteiger partial charge in [0.2, 0.25) is 5.91 Å². The Morgan fingerprint density at radius 3 is 2.79 bits per heavy atom. The maximum Gasteiger partial charge on any atom is 0.244 e. The van der Waals surface area contributed by atoms with E-state index in [0.717, 1.165) is 35.8 Å². The molecule has 0 aromatic carbocycles. The van der Waals surface area contributed by atoms with E-state index < -0.39 is 0 Å². The number of nitrogens with one attached hydrogen (secondary N) is 1. The zero-order valence-electron chi connectivity index (χ0n) is 11.3. The number of nitrogens with zero attached hydrogens (tertiary/aromatic N) is 2. The summed E-state index contributed by atoms with van der Waals surface area (Å²) in [5.74, 6) is 0.705. The van der Waals surface area contributed by atoms with Crippen LogP contribution in [-0.4, -0.2) is 40.6 Å². The van der Waals surface area contributed by atoms with Crippen LogP contribution < -0.4 is 11.1 Å². The third-order valence-electron chi connectivity index (χ3n) is 3.26. The van der Waals surface area contributed by atoms with Crippen LogP contribution in [0.1, 0.15) is 26.2 Å². The SMILES string of the molecule is CSc1c(N)nsc1NC(C)C(=O)N1CCCCC1. The number of piperidine rings is 1. The zero-order valence-corrected chi connectivity index (χ0v) is 12.9. The fraction of sp³-hybridized carbons (Fsp3) is 0.667. The van der Waals surface area contributed by atoms with Gasteiger partial charge in [0.15, 0.2) is 5.82 Å². The Bertz CT molecular complexity index is 443. The number of nitrogen functional groups attached to an aromatic ring is 1. The third kappa shape index (κ3) is 3.33. The fourth-order valence-electron chi connectivity index (χ4n) is 2.23. The van der Waals surface area contributed by atoms with Crippen LogP contribution in [0, 0.1) is 0 Å². The standard InChI is InChI=1S/C12H20N4OS2/c1-8(12(17)16-6-4-3-5-7-16)14-11-9(18-2)10(13)15-19-11/h8,14H,3-7H2,1-2H3,(H2,13,15). The van der Waals surface area contributed by atoms with Crippen molar-refractivity contribution in [3.05, 3.63) is 0 Å². The first kappa shape index (κ1) is 14.5. The van der Waals surface area contributed by atoms with Crippen molar-refractivity contribution < 1.29 is 4.79 Å². The van der Waals surface area contributed by atoms with Gasteiger partial charge in [0.05, 0.1) is 4.90 Å². The van der Waals surface area contributed by atoms with Gasteiger partial charge in [0.25, 0.3) is 0 Å². The molecule has 1 aromatic heterocycles. The maximum absolute atomic E-state index is 12.3. The predicted octanol–water partition coefficient (Wildman–Crippen LogP) is 2.26. The topological polar surface area (TPSA) is 71.2 Å². The molecule has 19 heavy (non-hydrogen) atoms. The van der Waals surface area contributed by atoms with Gasteiger partial charge in [0.1, 0.15) is 11.0 Å². The molecule has 1 aliphatic rings. The Labute approximate surface area is 122 Å². The summed E-state index contributed by atoms with van der Waals surface area (Å²) in [6.07, 6.45) is 5.42. The van der Waals surface area contributed by atoms with E-state index in [1.807, 2.05) is 18.1 Å². The Morgan fingerprint density at radius 2 is 2.16 bits per heavy atom. The van der Waals surface area contributed by atoms with Gasteiger partial charge in [-0.2, -0.15) is 4.37 Å². The summed E-state index contributed by atoms with van der Waals surface area (Å²) in [5, 5.41) is 4.13. The summed E-state index contributed by atoms with van der Waals surface area (Å²) < 4.78 is 4.12. The van der Waals surface area contributed by atoms with Gasteiger partial charge >= 0.3 is 0 Å². The highest BCUT2D eigenvalue weighted by Crippen LogP contribution is 2.35. The van der Waals surface area contributed by atoms with Crippen LogP contribution in [0.2, 0.25) is 0 Å². The van der Waals surface area contributed by atoms with Crippen LogP contribution in [-0.2, 0) is 4.79 Å². The molecule has 0 aliphatic carbocycles. The molecule has 1 atom stereocenters. The molecule has 1 amide bonds. The molecule has 3 N–H and O–H groups in total. The molecule has 2 heterocycles. The third-order valence-corrected chi connectivity index (χ3v) is 5.01. The number of carbonyl (C=O) groups is 1. The lowest BCUT2D eigenvalue weighted by Crippen LogP contribution is -2.43. The number of hydrogen-bond acceptors (Lipinski definition) is 6. The first-order valence-corrected chi connectivity index (χ1v) is 8.47. The second kappa shape index (κ2) is 6.47. The monoisotopic (exact) mass is 300 g/mol. The molecule has 1 unspecified atom stereocenters. The number of hydrogen-bond donors (Lipinski definition) is 2. The van der Waals surface area contributed by atoms with Gasteiger partial charge < -0.3 is 16.0 Å². The molecule has 7 heteroatoms. The van der Waals surface area contributed by atoms with E-state index in [9.17, 15) is 4.79 Å². The summed E-state index contributed by atoms with van der Waals surface area (Å²) in [6.45, 7) is 3.66. The number of anilines is 2. The fourth-order valence-corrected chi connectivity index (χ4v) is 3.85. The van der Waals surface area contributed by atoms with Crippen LogP contribution >= 0.6 is 23.3 Å². The molecule has 0 saturated carbocycles. The average Bonchev–Trinajstić information content (AvgIpc) is 2.79. The number of nitrogens with two attached hydrogens (primary N) is 1. The average molecular weight is 300 g/mol. The lowest BCUT2D eigenvalue weighted by molar-refractivity contribution is -0.132. The Balaban J connectivity index is 1.99. The first-order valence-electron chi connectivity index (χ1n) is 6.48. The lowest BCUT2D eigenvalue weighted by atomic mass is 10.1. The minimum absolute atomic E-state index is 0.165. The van der Waals surface area contributed by atoms with Gasteiger partial charge in [-0.25, -0.2) is 0 Å². The Kier molecular flexibility index (Phi) is 4.93. The number of thioether (sulfide) groups is 1. The number of likely N-dealkylation sites (tertiary alicyclic amines) is 1. The first-order chi connectivity index (χ1) is 9.13. The van der Waals surface area contributed by atoms with E-state index in [4.69, 9.17) is 5.73 Å². The van der Waals surface area contributed by atoms with Crippen molar-refractivity contribution in [2.45, 2.75) is 37.1 Å². The molecule has 1 aromatic rings. The second-order valence-electron chi connectivity index (χ2n) is 4.68. The van der Waals surface area contributed by atoms with Gasteiger partial charge in [-0.3, -0.25) is 4.79 Å². The summed E-state index contributed by atoms with van der Waals surface area (Å²) in [6, 6.07) is -0.233. The Morgan fingerprint density at radius 1 is 1.47 bits per heavy atom. The molecule has 1 aliphatic heterocycles. The zero-order chi connectivity index (χ0) is 13.8.